The van der Waals surface area contributed by atoms with Crippen molar-refractivity contribution in [3.05, 3.63) is 34.2 Å². The van der Waals surface area contributed by atoms with Crippen molar-refractivity contribution < 1.29 is 4.39 Å². The third kappa shape index (κ3) is 0.966. The molecule has 1 aromatic heterocycles. The molecule has 0 saturated carbocycles. The van der Waals surface area contributed by atoms with Crippen LogP contribution >= 0.6 is 15.9 Å². The van der Waals surface area contributed by atoms with Crippen LogP contribution < -0.4 is 0 Å². The quantitative estimate of drug-likeness (QED) is 0.711. The number of H-pyrrole nitrogens is 1. The van der Waals surface area contributed by atoms with Gasteiger partial charge in [-0.05, 0) is 34.5 Å². The average molecular weight is 228 g/mol. The molecule has 0 saturated heterocycles. The SMILES string of the molecule is Cc1ccc2[nH]cc(Br)c2c1F. The molecule has 0 atom stereocenters. The number of halogens is 2. The van der Waals surface area contributed by atoms with Gasteiger partial charge in [0.15, 0.2) is 0 Å². The molecule has 1 aromatic carbocycles. The number of aryl methyl sites for hydroxylation is 1. The monoisotopic (exact) mass is 227 g/mol. The molecule has 0 aliphatic rings. The van der Waals surface area contributed by atoms with Gasteiger partial charge in [-0.2, -0.15) is 0 Å². The highest BCUT2D eigenvalue weighted by Gasteiger charge is 2.08. The molecule has 0 aliphatic heterocycles. The van der Waals surface area contributed by atoms with Crippen molar-refractivity contribution in [1.29, 1.82) is 0 Å². The Morgan fingerprint density at radius 3 is 2.92 bits per heavy atom. The second-order valence-electron chi connectivity index (χ2n) is 2.76. The predicted octanol–water partition coefficient (Wildman–Crippen LogP) is 3.38. The molecule has 0 bridgehead atoms. The zero-order chi connectivity index (χ0) is 8.72. The second kappa shape index (κ2) is 2.59. The van der Waals surface area contributed by atoms with Crippen LogP contribution in [0.15, 0.2) is 22.8 Å². The molecule has 1 N–H and O–H groups in total. The van der Waals surface area contributed by atoms with Crippen LogP contribution in [0, 0.1) is 12.7 Å². The van der Waals surface area contributed by atoms with Gasteiger partial charge in [-0.1, -0.05) is 6.07 Å². The topological polar surface area (TPSA) is 15.8 Å². The maximum absolute atomic E-state index is 13.4. The van der Waals surface area contributed by atoms with E-state index in [1.165, 1.54) is 0 Å². The van der Waals surface area contributed by atoms with Gasteiger partial charge in [-0.3, -0.25) is 0 Å². The zero-order valence-electron chi connectivity index (χ0n) is 6.49. The number of aromatic amines is 1. The smallest absolute Gasteiger partial charge is 0.136 e. The molecule has 3 heteroatoms. The number of aromatic nitrogens is 1. The lowest BCUT2D eigenvalue weighted by Gasteiger charge is -1.97. The molecule has 0 spiro atoms. The molecule has 1 nitrogen and oxygen atoms in total. The molecule has 2 rings (SSSR count). The molecular weight excluding hydrogens is 221 g/mol. The summed E-state index contributed by atoms with van der Waals surface area (Å²) in [6.45, 7) is 1.76. The number of hydrogen-bond donors (Lipinski definition) is 1. The highest BCUT2D eigenvalue weighted by molar-refractivity contribution is 9.10. The minimum absolute atomic E-state index is 0.152. The lowest BCUT2D eigenvalue weighted by Crippen LogP contribution is -1.82. The van der Waals surface area contributed by atoms with Crippen LogP contribution in [0.5, 0.6) is 0 Å². The van der Waals surface area contributed by atoms with Crippen molar-refractivity contribution in [2.45, 2.75) is 6.92 Å². The standard InChI is InChI=1S/C9H7BrFN/c1-5-2-3-7-8(9(5)11)6(10)4-12-7/h2-4,12H,1H3. The average Bonchev–Trinajstić information content (AvgIpc) is 2.41. The van der Waals surface area contributed by atoms with Crippen molar-refractivity contribution in [1.82, 2.24) is 4.98 Å². The fourth-order valence-corrected chi connectivity index (χ4v) is 1.75. The summed E-state index contributed by atoms with van der Waals surface area (Å²) < 4.78 is 14.2. The normalized spacial score (nSPS) is 10.9. The Bertz CT molecular complexity index is 433. The third-order valence-electron chi connectivity index (χ3n) is 1.93. The highest BCUT2D eigenvalue weighted by atomic mass is 79.9. The minimum Gasteiger partial charge on any atom is -0.360 e. The summed E-state index contributed by atoms with van der Waals surface area (Å²) in [5.74, 6) is -0.152. The maximum atomic E-state index is 13.4. The van der Waals surface area contributed by atoms with Crippen LogP contribution in [0.1, 0.15) is 5.56 Å². The van der Waals surface area contributed by atoms with Crippen LogP contribution in [0.3, 0.4) is 0 Å². The Balaban J connectivity index is 2.96. The second-order valence-corrected chi connectivity index (χ2v) is 3.61. The van der Waals surface area contributed by atoms with Crippen LogP contribution in [0.4, 0.5) is 4.39 Å². The van der Waals surface area contributed by atoms with Crippen molar-refractivity contribution in [2.24, 2.45) is 0 Å². The molecule has 0 fully saturated rings. The number of hydrogen-bond acceptors (Lipinski definition) is 0. The van der Waals surface area contributed by atoms with E-state index < -0.39 is 0 Å². The van der Waals surface area contributed by atoms with Gasteiger partial charge in [-0.15, -0.1) is 0 Å². The molecule has 1 heterocycles. The number of rotatable bonds is 0. The summed E-state index contributed by atoms with van der Waals surface area (Å²) >= 11 is 3.28. The van der Waals surface area contributed by atoms with Gasteiger partial charge in [0, 0.05) is 21.6 Å². The Morgan fingerprint density at radius 1 is 1.42 bits per heavy atom. The molecule has 62 valence electrons. The first kappa shape index (κ1) is 7.80. The largest absolute Gasteiger partial charge is 0.360 e. The summed E-state index contributed by atoms with van der Waals surface area (Å²) in [6, 6.07) is 3.64. The lowest BCUT2D eigenvalue weighted by molar-refractivity contribution is 0.630. The van der Waals surface area contributed by atoms with Gasteiger partial charge in [-0.25, -0.2) is 4.39 Å². The first-order valence-corrected chi connectivity index (χ1v) is 4.41. The first-order valence-electron chi connectivity index (χ1n) is 3.62. The number of benzene rings is 1. The van der Waals surface area contributed by atoms with E-state index in [4.69, 9.17) is 0 Å². The van der Waals surface area contributed by atoms with E-state index in [0.29, 0.717) is 10.9 Å². The molecule has 2 aromatic rings. The lowest BCUT2D eigenvalue weighted by atomic mass is 10.1. The third-order valence-corrected chi connectivity index (χ3v) is 2.55. The number of nitrogens with one attached hydrogen (secondary N) is 1. The fourth-order valence-electron chi connectivity index (χ4n) is 1.25. The summed E-state index contributed by atoms with van der Waals surface area (Å²) in [4.78, 5) is 2.97. The van der Waals surface area contributed by atoms with Crippen LogP contribution in [-0.2, 0) is 0 Å². The van der Waals surface area contributed by atoms with Gasteiger partial charge in [0.2, 0.25) is 0 Å². The Labute approximate surface area is 77.7 Å². The highest BCUT2D eigenvalue weighted by Crippen LogP contribution is 2.27. The van der Waals surface area contributed by atoms with E-state index in [2.05, 4.69) is 20.9 Å². The van der Waals surface area contributed by atoms with Gasteiger partial charge in [0.1, 0.15) is 5.82 Å². The van der Waals surface area contributed by atoms with Crippen molar-refractivity contribution >= 4 is 26.8 Å². The van der Waals surface area contributed by atoms with E-state index in [1.54, 1.807) is 19.2 Å². The minimum atomic E-state index is -0.152. The molecule has 0 amide bonds. The molecule has 12 heavy (non-hydrogen) atoms. The maximum Gasteiger partial charge on any atom is 0.136 e. The summed E-state index contributed by atoms with van der Waals surface area (Å²) in [5, 5.41) is 0.634. The Hall–Kier alpha value is -0.830. The summed E-state index contributed by atoms with van der Waals surface area (Å²) in [5.41, 5.74) is 1.49. The van der Waals surface area contributed by atoms with E-state index in [9.17, 15) is 4.39 Å². The Morgan fingerprint density at radius 2 is 2.17 bits per heavy atom. The van der Waals surface area contributed by atoms with Crippen molar-refractivity contribution in [3.8, 4) is 0 Å². The van der Waals surface area contributed by atoms with Crippen molar-refractivity contribution in [3.63, 3.8) is 0 Å². The van der Waals surface area contributed by atoms with Gasteiger partial charge >= 0.3 is 0 Å². The summed E-state index contributed by atoms with van der Waals surface area (Å²) in [7, 11) is 0. The molecule has 0 aliphatic carbocycles. The van der Waals surface area contributed by atoms with E-state index in [-0.39, 0.29) is 5.82 Å². The predicted molar refractivity (Wildman–Crippen MR) is 50.7 cm³/mol. The van der Waals surface area contributed by atoms with E-state index in [1.807, 2.05) is 6.07 Å². The van der Waals surface area contributed by atoms with Gasteiger partial charge in [0.05, 0.1) is 0 Å². The summed E-state index contributed by atoms with van der Waals surface area (Å²) in [6.07, 6.45) is 1.74. The molecule has 0 radical (unpaired) electrons. The Kier molecular flexibility index (Phi) is 1.68. The zero-order valence-corrected chi connectivity index (χ0v) is 8.07. The van der Waals surface area contributed by atoms with Crippen LogP contribution in [-0.4, -0.2) is 4.98 Å². The van der Waals surface area contributed by atoms with Crippen LogP contribution in [0.25, 0.3) is 10.9 Å². The van der Waals surface area contributed by atoms with Gasteiger partial charge in [0.25, 0.3) is 0 Å². The molecular formula is C9H7BrFN. The number of fused-ring (bicyclic) bond motifs is 1. The van der Waals surface area contributed by atoms with Crippen LogP contribution in [0.2, 0.25) is 0 Å². The van der Waals surface area contributed by atoms with E-state index in [0.717, 1.165) is 9.99 Å². The fraction of sp³-hybridized carbons (Fsp3) is 0.111. The van der Waals surface area contributed by atoms with E-state index >= 15 is 0 Å². The van der Waals surface area contributed by atoms with Crippen molar-refractivity contribution in [2.75, 3.05) is 0 Å². The molecule has 0 unspecified atom stereocenters. The first-order chi connectivity index (χ1) is 5.70. The van der Waals surface area contributed by atoms with Gasteiger partial charge < -0.3 is 4.98 Å².